The maximum absolute atomic E-state index is 13.3. The molecule has 5 heteroatoms. The van der Waals surface area contributed by atoms with Gasteiger partial charge in [0.1, 0.15) is 5.60 Å². The second-order valence-electron chi connectivity index (χ2n) is 11.0. The molecule has 0 N–H and O–H groups in total. The van der Waals surface area contributed by atoms with Crippen molar-refractivity contribution in [2.24, 2.45) is 0 Å². The van der Waals surface area contributed by atoms with Crippen LogP contribution in [0.1, 0.15) is 78.5 Å². The van der Waals surface area contributed by atoms with Gasteiger partial charge in [0.2, 0.25) is 0 Å². The summed E-state index contributed by atoms with van der Waals surface area (Å²) in [6, 6.07) is 24.1. The van der Waals surface area contributed by atoms with E-state index >= 15 is 0 Å². The van der Waals surface area contributed by atoms with Gasteiger partial charge in [0.05, 0.1) is 12.5 Å². The van der Waals surface area contributed by atoms with Crippen LogP contribution in [0.2, 0.25) is 18.1 Å². The number of rotatable bonds is 15. The highest BCUT2D eigenvalue weighted by molar-refractivity contribution is 6.73. The van der Waals surface area contributed by atoms with Crippen molar-refractivity contribution in [3.05, 3.63) is 84.4 Å². The van der Waals surface area contributed by atoms with E-state index in [0.29, 0.717) is 13.0 Å². The third-order valence-electron chi connectivity index (χ3n) is 7.37. The zero-order chi connectivity index (χ0) is 27.5. The van der Waals surface area contributed by atoms with Gasteiger partial charge in [-0.25, -0.2) is 0 Å². The molecule has 0 radical (unpaired) electrons. The van der Waals surface area contributed by atoms with Crippen LogP contribution < -0.4 is 0 Å². The average Bonchev–Trinajstić information content (AvgIpc) is 2.88. The van der Waals surface area contributed by atoms with E-state index in [0.717, 1.165) is 18.1 Å². The van der Waals surface area contributed by atoms with Crippen LogP contribution >= 0.6 is 0 Å². The van der Waals surface area contributed by atoms with Crippen molar-refractivity contribution in [3.8, 4) is 0 Å². The second-order valence-corrected chi connectivity index (χ2v) is 15.7. The molecule has 0 saturated heterocycles. The first-order valence-corrected chi connectivity index (χ1v) is 16.5. The molecule has 0 bridgehead atoms. The van der Waals surface area contributed by atoms with Crippen molar-refractivity contribution in [2.45, 2.75) is 110 Å². The Balaban J connectivity index is 2.60. The molecule has 0 heterocycles. The van der Waals surface area contributed by atoms with Crippen molar-refractivity contribution in [1.29, 1.82) is 0 Å². The minimum atomic E-state index is -1.96. The lowest BCUT2D eigenvalue weighted by molar-refractivity contribution is -0.158. The number of carbonyl (C=O) groups is 1. The summed E-state index contributed by atoms with van der Waals surface area (Å²) >= 11 is 0. The summed E-state index contributed by atoms with van der Waals surface area (Å²) in [7, 11) is -1.96. The summed E-state index contributed by atoms with van der Waals surface area (Å²) < 4.78 is 13.0. The predicted octanol–water partition coefficient (Wildman–Crippen LogP) is 8.32. The molecule has 0 unspecified atom stereocenters. The SMILES string of the molecule is C=CC[C@@H](O[Si](CC)(CC)CC)[C@H](CC(=O)OC(C)(C)C)N(Cc1ccccc1)[C@H](C)c1ccccc1. The van der Waals surface area contributed by atoms with Gasteiger partial charge in [0.15, 0.2) is 8.32 Å². The summed E-state index contributed by atoms with van der Waals surface area (Å²) in [5.41, 5.74) is 1.89. The number of hydrogen-bond acceptors (Lipinski definition) is 4. The Morgan fingerprint density at radius 2 is 1.51 bits per heavy atom. The first-order valence-electron chi connectivity index (χ1n) is 13.9. The van der Waals surface area contributed by atoms with Crippen molar-refractivity contribution in [2.75, 3.05) is 0 Å². The fraction of sp³-hybridized carbons (Fsp3) is 0.531. The molecule has 0 aliphatic carbocycles. The van der Waals surface area contributed by atoms with Crippen LogP contribution in [0.3, 0.4) is 0 Å². The molecule has 3 atom stereocenters. The van der Waals surface area contributed by atoms with Crippen molar-refractivity contribution in [1.82, 2.24) is 4.90 Å². The summed E-state index contributed by atoms with van der Waals surface area (Å²) in [6.45, 7) is 19.5. The highest BCUT2D eigenvalue weighted by Gasteiger charge is 2.39. The number of ether oxygens (including phenoxy) is 1. The van der Waals surface area contributed by atoms with Gasteiger partial charge in [-0.15, -0.1) is 6.58 Å². The molecule has 204 valence electrons. The van der Waals surface area contributed by atoms with Crippen LogP contribution in [0.4, 0.5) is 0 Å². The lowest BCUT2D eigenvalue weighted by Crippen LogP contribution is -2.52. The molecule has 0 aliphatic heterocycles. The number of carbonyl (C=O) groups excluding carboxylic acids is 1. The van der Waals surface area contributed by atoms with Crippen LogP contribution in [-0.4, -0.2) is 36.9 Å². The fourth-order valence-corrected chi connectivity index (χ4v) is 7.94. The molecule has 2 aromatic carbocycles. The van der Waals surface area contributed by atoms with E-state index in [1.165, 1.54) is 11.1 Å². The van der Waals surface area contributed by atoms with Crippen molar-refractivity contribution >= 4 is 14.3 Å². The Labute approximate surface area is 227 Å². The highest BCUT2D eigenvalue weighted by Crippen LogP contribution is 2.33. The van der Waals surface area contributed by atoms with Gasteiger partial charge in [-0.05, 0) is 63.4 Å². The van der Waals surface area contributed by atoms with Crippen molar-refractivity contribution in [3.63, 3.8) is 0 Å². The minimum Gasteiger partial charge on any atom is -0.460 e. The highest BCUT2D eigenvalue weighted by atomic mass is 28.4. The first-order chi connectivity index (χ1) is 17.6. The van der Waals surface area contributed by atoms with E-state index in [2.05, 4.69) is 87.7 Å². The van der Waals surface area contributed by atoms with E-state index < -0.39 is 13.9 Å². The molecule has 0 fully saturated rings. The molecule has 0 spiro atoms. The predicted molar refractivity (Wildman–Crippen MR) is 158 cm³/mol. The monoisotopic (exact) mass is 523 g/mol. The average molecular weight is 524 g/mol. The Kier molecular flexibility index (Phi) is 12.3. The number of benzene rings is 2. The Morgan fingerprint density at radius 1 is 0.973 bits per heavy atom. The maximum atomic E-state index is 13.3. The van der Waals surface area contributed by atoms with Crippen LogP contribution in [0.5, 0.6) is 0 Å². The molecule has 0 aliphatic rings. The molecule has 2 rings (SSSR count). The minimum absolute atomic E-state index is 0.0747. The van der Waals surface area contributed by atoms with Gasteiger partial charge < -0.3 is 9.16 Å². The lowest BCUT2D eigenvalue weighted by Gasteiger charge is -2.44. The summed E-state index contributed by atoms with van der Waals surface area (Å²) in [6.07, 6.45) is 2.75. The summed E-state index contributed by atoms with van der Waals surface area (Å²) in [5.74, 6) is -0.190. The quantitative estimate of drug-likeness (QED) is 0.134. The van der Waals surface area contributed by atoms with Gasteiger partial charge in [-0.2, -0.15) is 0 Å². The van der Waals surface area contributed by atoms with Crippen LogP contribution in [0, 0.1) is 0 Å². The topological polar surface area (TPSA) is 38.8 Å². The maximum Gasteiger partial charge on any atom is 0.307 e. The molecule has 0 aromatic heterocycles. The van der Waals surface area contributed by atoms with E-state index in [-0.39, 0.29) is 30.6 Å². The molecule has 0 amide bonds. The Morgan fingerprint density at radius 3 is 2.00 bits per heavy atom. The molecule has 0 saturated carbocycles. The van der Waals surface area contributed by atoms with Crippen molar-refractivity contribution < 1.29 is 14.0 Å². The standard InChI is InChI=1S/C32H49NO3Si/c1-9-19-30(36-37(10-2,11-3)12-4)29(24-31(34)35-32(6,7)8)33(25-27-20-15-13-16-21-27)26(5)28-22-17-14-18-23-28/h9,13-18,20-23,26,29-30H,1,10-12,19,24-25H2,2-8H3/t26-,29+,30-/m1/s1. The van der Waals surface area contributed by atoms with E-state index in [1.807, 2.05) is 39.0 Å². The molecule has 4 nitrogen and oxygen atoms in total. The van der Waals surface area contributed by atoms with Gasteiger partial charge in [0.25, 0.3) is 0 Å². The third-order valence-corrected chi connectivity index (χ3v) is 12.0. The van der Waals surface area contributed by atoms with E-state index in [1.54, 1.807) is 0 Å². The molecular weight excluding hydrogens is 474 g/mol. The fourth-order valence-electron chi connectivity index (χ4n) is 5.04. The normalized spacial score (nSPS) is 14.7. The van der Waals surface area contributed by atoms with Crippen LogP contribution in [0.25, 0.3) is 0 Å². The first kappa shape index (κ1) is 31.0. The summed E-state index contributed by atoms with van der Waals surface area (Å²) in [4.78, 5) is 15.8. The van der Waals surface area contributed by atoms with Gasteiger partial charge in [0, 0.05) is 18.6 Å². The van der Waals surface area contributed by atoms with Gasteiger partial charge in [-0.1, -0.05) is 87.5 Å². The Hall–Kier alpha value is -2.21. The second kappa shape index (κ2) is 14.7. The lowest BCUT2D eigenvalue weighted by atomic mass is 9.96. The zero-order valence-corrected chi connectivity index (χ0v) is 25.2. The van der Waals surface area contributed by atoms with Crippen LogP contribution in [-0.2, 0) is 20.5 Å². The third kappa shape index (κ3) is 9.55. The largest absolute Gasteiger partial charge is 0.460 e. The number of esters is 1. The van der Waals surface area contributed by atoms with Gasteiger partial charge >= 0.3 is 5.97 Å². The Bertz CT molecular complexity index is 929. The number of nitrogens with zero attached hydrogens (tertiary/aromatic N) is 1. The van der Waals surface area contributed by atoms with Crippen LogP contribution in [0.15, 0.2) is 73.3 Å². The van der Waals surface area contributed by atoms with Gasteiger partial charge in [-0.3, -0.25) is 9.69 Å². The van der Waals surface area contributed by atoms with E-state index in [9.17, 15) is 4.79 Å². The molecular formula is C32H49NO3Si. The van der Waals surface area contributed by atoms with E-state index in [4.69, 9.17) is 9.16 Å². The molecule has 2 aromatic rings. The molecule has 37 heavy (non-hydrogen) atoms. The number of hydrogen-bond donors (Lipinski definition) is 0. The smallest absolute Gasteiger partial charge is 0.307 e. The zero-order valence-electron chi connectivity index (χ0n) is 24.2. The summed E-state index contributed by atoms with van der Waals surface area (Å²) in [5, 5.41) is 0.